The van der Waals surface area contributed by atoms with Gasteiger partial charge in [-0.3, -0.25) is 9.79 Å². The number of nitrogens with zero attached hydrogens (tertiary/aromatic N) is 2. The Kier molecular flexibility index (Phi) is 6.69. The van der Waals surface area contributed by atoms with E-state index >= 15 is 0 Å². The monoisotopic (exact) mass is 378 g/mol. The van der Waals surface area contributed by atoms with Gasteiger partial charge in [-0.15, -0.1) is 0 Å². The summed E-state index contributed by atoms with van der Waals surface area (Å²) < 4.78 is 0. The largest absolute Gasteiger partial charge is 0.356 e. The molecule has 0 spiro atoms. The van der Waals surface area contributed by atoms with E-state index < -0.39 is 0 Å². The Balaban J connectivity index is 1.46. The lowest BCUT2D eigenvalue weighted by Crippen LogP contribution is -2.46. The van der Waals surface area contributed by atoms with Crippen molar-refractivity contribution in [1.82, 2.24) is 15.5 Å². The Bertz CT molecular complexity index is 829. The van der Waals surface area contributed by atoms with Gasteiger partial charge < -0.3 is 15.5 Å². The molecule has 5 nitrogen and oxygen atoms in total. The average Bonchev–Trinajstić information content (AvgIpc) is 2.73. The molecular formula is C23H30N4O. The highest BCUT2D eigenvalue weighted by molar-refractivity contribution is 5.86. The third kappa shape index (κ3) is 5.12. The second kappa shape index (κ2) is 9.40. The van der Waals surface area contributed by atoms with Gasteiger partial charge in [0.15, 0.2) is 5.96 Å². The summed E-state index contributed by atoms with van der Waals surface area (Å²) in [6.45, 7) is 6.74. The average molecular weight is 379 g/mol. The van der Waals surface area contributed by atoms with Gasteiger partial charge in [-0.25, -0.2) is 0 Å². The number of carbonyl (C=O) groups is 1. The van der Waals surface area contributed by atoms with Crippen LogP contribution >= 0.6 is 0 Å². The number of fused-ring (bicyclic) bond motifs is 1. The number of rotatable bonds is 5. The molecule has 0 fully saturated rings. The molecule has 1 atom stereocenters. The SMILES string of the molecule is CN=C(NCC(=O)N1CCc2ccccc2C1)NCC(C)c1ccc(C)cc1. The first-order valence-electron chi connectivity index (χ1n) is 9.92. The van der Waals surface area contributed by atoms with E-state index in [0.29, 0.717) is 18.4 Å². The Labute approximate surface area is 167 Å². The van der Waals surface area contributed by atoms with E-state index in [-0.39, 0.29) is 12.5 Å². The molecule has 1 aliphatic heterocycles. The molecule has 1 unspecified atom stereocenters. The maximum atomic E-state index is 12.6. The molecule has 3 rings (SSSR count). The molecule has 0 aliphatic carbocycles. The van der Waals surface area contributed by atoms with E-state index in [4.69, 9.17) is 0 Å². The summed E-state index contributed by atoms with van der Waals surface area (Å²) in [5.41, 5.74) is 5.15. The molecule has 0 bridgehead atoms. The van der Waals surface area contributed by atoms with Crippen molar-refractivity contribution in [2.45, 2.75) is 32.7 Å². The van der Waals surface area contributed by atoms with Gasteiger partial charge >= 0.3 is 0 Å². The van der Waals surface area contributed by atoms with Crippen molar-refractivity contribution in [3.63, 3.8) is 0 Å². The van der Waals surface area contributed by atoms with Crippen molar-refractivity contribution in [2.24, 2.45) is 4.99 Å². The van der Waals surface area contributed by atoms with Gasteiger partial charge in [-0.1, -0.05) is 61.0 Å². The van der Waals surface area contributed by atoms with Crippen LogP contribution in [0.4, 0.5) is 0 Å². The zero-order valence-electron chi connectivity index (χ0n) is 17.0. The standard InChI is InChI=1S/C23H30N4O/c1-17-8-10-19(11-9-17)18(2)14-25-23(24-3)26-15-22(28)27-13-12-20-6-4-5-7-21(20)16-27/h4-11,18H,12-16H2,1-3H3,(H2,24,25,26). The number of aliphatic imine (C=N–C) groups is 1. The minimum Gasteiger partial charge on any atom is -0.356 e. The summed E-state index contributed by atoms with van der Waals surface area (Å²) in [5.74, 6) is 1.11. The van der Waals surface area contributed by atoms with Crippen LogP contribution in [0.25, 0.3) is 0 Å². The maximum Gasteiger partial charge on any atom is 0.242 e. The van der Waals surface area contributed by atoms with Gasteiger partial charge in [0.2, 0.25) is 5.91 Å². The molecule has 1 amide bonds. The van der Waals surface area contributed by atoms with Crippen LogP contribution in [-0.4, -0.2) is 43.4 Å². The maximum absolute atomic E-state index is 12.6. The van der Waals surface area contributed by atoms with Crippen LogP contribution in [0.3, 0.4) is 0 Å². The van der Waals surface area contributed by atoms with Crippen molar-refractivity contribution < 1.29 is 4.79 Å². The molecule has 0 saturated heterocycles. The van der Waals surface area contributed by atoms with Crippen LogP contribution in [-0.2, 0) is 17.8 Å². The Morgan fingerprint density at radius 3 is 2.54 bits per heavy atom. The lowest BCUT2D eigenvalue weighted by molar-refractivity contribution is -0.130. The molecule has 2 aromatic carbocycles. The molecule has 28 heavy (non-hydrogen) atoms. The van der Waals surface area contributed by atoms with Crippen LogP contribution in [0.15, 0.2) is 53.5 Å². The van der Waals surface area contributed by atoms with Crippen molar-refractivity contribution in [3.8, 4) is 0 Å². The summed E-state index contributed by atoms with van der Waals surface area (Å²) in [5, 5.41) is 6.48. The van der Waals surface area contributed by atoms with Gasteiger partial charge in [0.25, 0.3) is 0 Å². The number of hydrogen-bond acceptors (Lipinski definition) is 2. The third-order valence-electron chi connectivity index (χ3n) is 5.34. The zero-order valence-corrected chi connectivity index (χ0v) is 17.0. The highest BCUT2D eigenvalue weighted by atomic mass is 16.2. The third-order valence-corrected chi connectivity index (χ3v) is 5.34. The Morgan fingerprint density at radius 1 is 1.11 bits per heavy atom. The number of benzene rings is 2. The van der Waals surface area contributed by atoms with E-state index in [1.54, 1.807) is 7.05 Å². The highest BCUT2D eigenvalue weighted by Crippen LogP contribution is 2.18. The number of aryl methyl sites for hydroxylation is 1. The molecule has 0 aromatic heterocycles. The normalized spacial score (nSPS) is 15.0. The van der Waals surface area contributed by atoms with Crippen LogP contribution < -0.4 is 10.6 Å². The number of carbonyl (C=O) groups excluding carboxylic acids is 1. The van der Waals surface area contributed by atoms with Crippen molar-refractivity contribution >= 4 is 11.9 Å². The fourth-order valence-electron chi connectivity index (χ4n) is 3.46. The lowest BCUT2D eigenvalue weighted by Gasteiger charge is -2.29. The minimum atomic E-state index is 0.101. The fourth-order valence-corrected chi connectivity index (χ4v) is 3.46. The van der Waals surface area contributed by atoms with Crippen LogP contribution in [0, 0.1) is 6.92 Å². The van der Waals surface area contributed by atoms with Gasteiger partial charge in [-0.2, -0.15) is 0 Å². The topological polar surface area (TPSA) is 56.7 Å². The smallest absolute Gasteiger partial charge is 0.242 e. The highest BCUT2D eigenvalue weighted by Gasteiger charge is 2.20. The molecule has 2 aromatic rings. The summed E-state index contributed by atoms with van der Waals surface area (Å²) in [6, 6.07) is 16.9. The molecule has 0 radical (unpaired) electrons. The van der Waals surface area contributed by atoms with E-state index in [0.717, 1.165) is 19.5 Å². The Hall–Kier alpha value is -2.82. The summed E-state index contributed by atoms with van der Waals surface area (Å²) in [6.07, 6.45) is 0.920. The van der Waals surface area contributed by atoms with E-state index in [2.05, 4.69) is 71.9 Å². The molecule has 0 saturated carbocycles. The quantitative estimate of drug-likeness (QED) is 0.621. The fraction of sp³-hybridized carbons (Fsp3) is 0.391. The van der Waals surface area contributed by atoms with E-state index in [9.17, 15) is 4.79 Å². The summed E-state index contributed by atoms with van der Waals surface area (Å²) in [7, 11) is 1.73. The van der Waals surface area contributed by atoms with Crippen molar-refractivity contribution in [3.05, 3.63) is 70.8 Å². The van der Waals surface area contributed by atoms with Crippen molar-refractivity contribution in [1.29, 1.82) is 0 Å². The Morgan fingerprint density at radius 2 is 1.82 bits per heavy atom. The number of amides is 1. The lowest BCUT2D eigenvalue weighted by atomic mass is 10.00. The first-order valence-corrected chi connectivity index (χ1v) is 9.92. The molecular weight excluding hydrogens is 348 g/mol. The molecule has 2 N–H and O–H groups in total. The number of nitrogens with one attached hydrogen (secondary N) is 2. The first-order chi connectivity index (χ1) is 13.6. The van der Waals surface area contributed by atoms with Gasteiger partial charge in [0.05, 0.1) is 6.54 Å². The van der Waals surface area contributed by atoms with Crippen LogP contribution in [0.5, 0.6) is 0 Å². The predicted molar refractivity (Wildman–Crippen MR) is 115 cm³/mol. The van der Waals surface area contributed by atoms with Crippen LogP contribution in [0.1, 0.15) is 35.1 Å². The molecule has 1 heterocycles. The van der Waals surface area contributed by atoms with Crippen molar-refractivity contribution in [2.75, 3.05) is 26.7 Å². The predicted octanol–water partition coefficient (Wildman–Crippen LogP) is 2.85. The second-order valence-corrected chi connectivity index (χ2v) is 7.45. The summed E-state index contributed by atoms with van der Waals surface area (Å²) in [4.78, 5) is 18.8. The van der Waals surface area contributed by atoms with Gasteiger partial charge in [0, 0.05) is 26.7 Å². The van der Waals surface area contributed by atoms with Crippen LogP contribution in [0.2, 0.25) is 0 Å². The first kappa shape index (κ1) is 19.9. The number of hydrogen-bond donors (Lipinski definition) is 2. The summed E-state index contributed by atoms with van der Waals surface area (Å²) >= 11 is 0. The molecule has 5 heteroatoms. The van der Waals surface area contributed by atoms with E-state index in [1.165, 1.54) is 22.3 Å². The zero-order chi connectivity index (χ0) is 19.9. The van der Waals surface area contributed by atoms with Gasteiger partial charge in [-0.05, 0) is 36.0 Å². The molecule has 1 aliphatic rings. The minimum absolute atomic E-state index is 0.101. The van der Waals surface area contributed by atoms with Gasteiger partial charge in [0.1, 0.15) is 0 Å². The second-order valence-electron chi connectivity index (χ2n) is 7.45. The van der Waals surface area contributed by atoms with E-state index in [1.807, 2.05) is 11.0 Å². The number of guanidine groups is 1. The molecule has 148 valence electrons.